The number of hydrogen-bond acceptors (Lipinski definition) is 5. The van der Waals surface area contributed by atoms with E-state index in [-0.39, 0.29) is 5.91 Å². The lowest BCUT2D eigenvalue weighted by atomic mass is 9.96. The number of fused-ring (bicyclic) bond motifs is 1. The van der Waals surface area contributed by atoms with Crippen LogP contribution < -0.4 is 0 Å². The summed E-state index contributed by atoms with van der Waals surface area (Å²) in [6.07, 6.45) is 9.28. The van der Waals surface area contributed by atoms with Crippen LogP contribution in [0.5, 0.6) is 0 Å². The minimum absolute atomic E-state index is 0.0650. The third-order valence-electron chi connectivity index (χ3n) is 5.97. The molecule has 1 N–H and O–H groups in total. The van der Waals surface area contributed by atoms with Crippen molar-refractivity contribution in [3.63, 3.8) is 0 Å². The van der Waals surface area contributed by atoms with Crippen molar-refractivity contribution in [2.24, 2.45) is 0 Å². The van der Waals surface area contributed by atoms with E-state index in [1.807, 2.05) is 13.1 Å². The zero-order valence-electron chi connectivity index (χ0n) is 18.3. The first-order valence-electron chi connectivity index (χ1n) is 11.3. The minimum Gasteiger partial charge on any atom is -0.425 e. The van der Waals surface area contributed by atoms with Crippen molar-refractivity contribution in [3.05, 3.63) is 64.6 Å². The van der Waals surface area contributed by atoms with Gasteiger partial charge >= 0.3 is 0 Å². The van der Waals surface area contributed by atoms with Crippen molar-refractivity contribution in [1.29, 1.82) is 0 Å². The normalized spacial score (nSPS) is 13.2. The van der Waals surface area contributed by atoms with E-state index in [4.69, 9.17) is 4.42 Å². The molecule has 0 radical (unpaired) electrons. The van der Waals surface area contributed by atoms with Crippen LogP contribution >= 0.6 is 0 Å². The van der Waals surface area contributed by atoms with Crippen molar-refractivity contribution in [2.45, 2.75) is 70.8 Å². The summed E-state index contributed by atoms with van der Waals surface area (Å²) >= 11 is 0. The average Bonchev–Trinajstić information content (AvgIpc) is 3.43. The maximum Gasteiger partial charge on any atom is 0.223 e. The molecule has 0 fully saturated rings. The predicted octanol–water partition coefficient (Wildman–Crippen LogP) is 3.83. The second-order valence-electron chi connectivity index (χ2n) is 8.37. The van der Waals surface area contributed by atoms with E-state index in [1.165, 1.54) is 29.7 Å². The highest BCUT2D eigenvalue weighted by atomic mass is 16.4. The smallest absolute Gasteiger partial charge is 0.223 e. The molecule has 0 aliphatic heterocycles. The van der Waals surface area contributed by atoms with Gasteiger partial charge in [0.1, 0.15) is 0 Å². The molecule has 7 heteroatoms. The molecule has 2 heterocycles. The SMILES string of the molecule is CN(Cc1n[nH]c2c1CCCC2)C(=O)CCc1nnc(CCCCc2ccccc2)o1. The Hall–Kier alpha value is -2.96. The van der Waals surface area contributed by atoms with Crippen LogP contribution in [0.3, 0.4) is 0 Å². The molecule has 7 nitrogen and oxygen atoms in total. The summed E-state index contributed by atoms with van der Waals surface area (Å²) in [4.78, 5) is 14.3. The summed E-state index contributed by atoms with van der Waals surface area (Å²) in [5.74, 6) is 1.26. The Bertz CT molecular complexity index is 979. The van der Waals surface area contributed by atoms with Gasteiger partial charge in [0, 0.05) is 32.0 Å². The Labute approximate surface area is 183 Å². The van der Waals surface area contributed by atoms with E-state index in [9.17, 15) is 4.79 Å². The van der Waals surface area contributed by atoms with Crippen molar-refractivity contribution < 1.29 is 9.21 Å². The number of carbonyl (C=O) groups is 1. The number of aromatic amines is 1. The van der Waals surface area contributed by atoms with Crippen molar-refractivity contribution in [1.82, 2.24) is 25.3 Å². The van der Waals surface area contributed by atoms with Crippen LogP contribution in [0.1, 0.15) is 66.4 Å². The van der Waals surface area contributed by atoms with Crippen LogP contribution in [-0.4, -0.2) is 38.2 Å². The number of carbonyl (C=O) groups excluding carboxylic acids is 1. The molecule has 1 aromatic carbocycles. The molecule has 0 saturated heterocycles. The molecule has 31 heavy (non-hydrogen) atoms. The van der Waals surface area contributed by atoms with E-state index in [2.05, 4.69) is 44.7 Å². The Morgan fingerprint density at radius 1 is 1.03 bits per heavy atom. The first-order valence-corrected chi connectivity index (χ1v) is 11.3. The van der Waals surface area contributed by atoms with E-state index in [0.717, 1.165) is 44.2 Å². The number of aryl methyl sites for hydroxylation is 4. The lowest BCUT2D eigenvalue weighted by Crippen LogP contribution is -2.27. The highest BCUT2D eigenvalue weighted by Crippen LogP contribution is 2.23. The molecule has 0 saturated carbocycles. The second-order valence-corrected chi connectivity index (χ2v) is 8.37. The first-order chi connectivity index (χ1) is 15.2. The Balaban J connectivity index is 1.18. The first kappa shape index (κ1) is 21.3. The average molecular weight is 422 g/mol. The molecule has 1 aliphatic rings. The van der Waals surface area contributed by atoms with Crippen LogP contribution in [0.15, 0.2) is 34.7 Å². The monoisotopic (exact) mass is 421 g/mol. The van der Waals surface area contributed by atoms with Crippen LogP contribution in [0, 0.1) is 0 Å². The Kier molecular flexibility index (Phi) is 7.12. The number of rotatable bonds is 10. The number of benzene rings is 1. The predicted molar refractivity (Wildman–Crippen MR) is 117 cm³/mol. The van der Waals surface area contributed by atoms with Gasteiger partial charge in [-0.25, -0.2) is 0 Å². The van der Waals surface area contributed by atoms with Gasteiger partial charge in [0.15, 0.2) is 0 Å². The summed E-state index contributed by atoms with van der Waals surface area (Å²) in [6.45, 7) is 0.543. The molecule has 0 bridgehead atoms. The standard InChI is InChI=1S/C24H31N5O2/c1-29(17-21-19-12-6-7-13-20(19)25-26-21)24(30)16-15-23-28-27-22(31-23)14-8-5-11-18-9-3-2-4-10-18/h2-4,9-10H,5-8,11-17H2,1H3,(H,25,26). The summed E-state index contributed by atoms with van der Waals surface area (Å²) in [6, 6.07) is 10.5. The fourth-order valence-corrected chi connectivity index (χ4v) is 4.14. The largest absolute Gasteiger partial charge is 0.425 e. The van der Waals surface area contributed by atoms with Crippen molar-refractivity contribution in [2.75, 3.05) is 7.05 Å². The van der Waals surface area contributed by atoms with Gasteiger partial charge in [0.2, 0.25) is 17.7 Å². The number of amides is 1. The lowest BCUT2D eigenvalue weighted by molar-refractivity contribution is -0.130. The van der Waals surface area contributed by atoms with E-state index < -0.39 is 0 Å². The van der Waals surface area contributed by atoms with Gasteiger partial charge in [-0.2, -0.15) is 5.10 Å². The topological polar surface area (TPSA) is 87.9 Å². The third-order valence-corrected chi connectivity index (χ3v) is 5.97. The summed E-state index contributed by atoms with van der Waals surface area (Å²) in [5.41, 5.74) is 4.90. The fraction of sp³-hybridized carbons (Fsp3) is 0.500. The van der Waals surface area contributed by atoms with Crippen LogP contribution in [-0.2, 0) is 43.4 Å². The molecule has 3 aromatic rings. The maximum absolute atomic E-state index is 12.6. The second kappa shape index (κ2) is 10.4. The highest BCUT2D eigenvalue weighted by Gasteiger charge is 2.20. The van der Waals surface area contributed by atoms with Crippen molar-refractivity contribution >= 4 is 5.91 Å². The van der Waals surface area contributed by atoms with Gasteiger partial charge in [-0.15, -0.1) is 10.2 Å². The maximum atomic E-state index is 12.6. The summed E-state index contributed by atoms with van der Waals surface area (Å²) in [5, 5.41) is 15.8. The van der Waals surface area contributed by atoms with Crippen LogP contribution in [0.4, 0.5) is 0 Å². The molecule has 0 atom stereocenters. The van der Waals surface area contributed by atoms with Gasteiger partial charge < -0.3 is 9.32 Å². The number of nitrogens with one attached hydrogen (secondary N) is 1. The highest BCUT2D eigenvalue weighted by molar-refractivity contribution is 5.76. The van der Waals surface area contributed by atoms with Crippen LogP contribution in [0.25, 0.3) is 0 Å². The minimum atomic E-state index is 0.0650. The van der Waals surface area contributed by atoms with Gasteiger partial charge in [0.25, 0.3) is 0 Å². The lowest BCUT2D eigenvalue weighted by Gasteiger charge is -2.17. The van der Waals surface area contributed by atoms with Crippen molar-refractivity contribution in [3.8, 4) is 0 Å². The molecular formula is C24H31N5O2. The quantitative estimate of drug-likeness (QED) is 0.503. The van der Waals surface area contributed by atoms with E-state index in [1.54, 1.807) is 4.90 Å². The summed E-state index contributed by atoms with van der Waals surface area (Å²) < 4.78 is 5.74. The zero-order valence-corrected chi connectivity index (χ0v) is 18.3. The fourth-order valence-electron chi connectivity index (χ4n) is 4.14. The number of nitrogens with zero attached hydrogens (tertiary/aromatic N) is 4. The van der Waals surface area contributed by atoms with Gasteiger partial charge in [-0.05, 0) is 56.1 Å². The summed E-state index contributed by atoms with van der Waals surface area (Å²) in [7, 11) is 1.83. The van der Waals surface area contributed by atoms with Crippen LogP contribution in [0.2, 0.25) is 0 Å². The molecule has 0 unspecified atom stereocenters. The van der Waals surface area contributed by atoms with E-state index in [0.29, 0.717) is 31.2 Å². The third kappa shape index (κ3) is 5.81. The molecular weight excluding hydrogens is 390 g/mol. The molecule has 1 amide bonds. The number of unbranched alkanes of at least 4 members (excludes halogenated alkanes) is 1. The molecule has 0 spiro atoms. The molecule has 4 rings (SSSR count). The van der Waals surface area contributed by atoms with Gasteiger partial charge in [0.05, 0.1) is 12.2 Å². The van der Waals surface area contributed by atoms with Gasteiger partial charge in [-0.1, -0.05) is 30.3 Å². The zero-order chi connectivity index (χ0) is 21.5. The number of hydrogen-bond donors (Lipinski definition) is 1. The molecule has 164 valence electrons. The molecule has 2 aromatic heterocycles. The van der Waals surface area contributed by atoms with Gasteiger partial charge in [-0.3, -0.25) is 9.89 Å². The molecule has 1 aliphatic carbocycles. The Morgan fingerprint density at radius 3 is 2.61 bits per heavy atom. The number of H-pyrrole nitrogens is 1. The Morgan fingerprint density at radius 2 is 1.77 bits per heavy atom. The van der Waals surface area contributed by atoms with E-state index >= 15 is 0 Å². The number of aromatic nitrogens is 4.